The van der Waals surface area contributed by atoms with Crippen LogP contribution in [0.1, 0.15) is 30.0 Å². The van der Waals surface area contributed by atoms with Gasteiger partial charge in [-0.2, -0.15) is 26.3 Å². The maximum atomic E-state index is 12.6. The summed E-state index contributed by atoms with van der Waals surface area (Å²) in [6.45, 7) is -0.454. The van der Waals surface area contributed by atoms with Crippen molar-refractivity contribution >= 4 is 34.6 Å². The van der Waals surface area contributed by atoms with Crippen LogP contribution < -0.4 is 5.73 Å². The summed E-state index contributed by atoms with van der Waals surface area (Å²) in [5, 5.41) is -1.57. The number of carbonyl (C=O) groups excluding carboxylic acids is 4. The molecule has 0 bridgehead atoms. The van der Waals surface area contributed by atoms with Crippen molar-refractivity contribution in [1.82, 2.24) is 19.9 Å². The third-order valence-electron chi connectivity index (χ3n) is 3.91. The second-order valence-corrected chi connectivity index (χ2v) is 6.92. The average molecular weight is 544 g/mol. The molecule has 10 nitrogen and oxygen atoms in total. The van der Waals surface area contributed by atoms with Gasteiger partial charge in [-0.05, 0) is 36.7 Å². The molecule has 0 radical (unpaired) electrons. The highest BCUT2D eigenvalue weighted by Crippen LogP contribution is 2.28. The zero-order valence-electron chi connectivity index (χ0n) is 18.0. The molecule has 0 aliphatic carbocycles. The number of esters is 1. The molecule has 0 spiro atoms. The van der Waals surface area contributed by atoms with Crippen molar-refractivity contribution in [2.45, 2.75) is 31.9 Å². The first-order valence-corrected chi connectivity index (χ1v) is 9.73. The van der Waals surface area contributed by atoms with Gasteiger partial charge in [0.2, 0.25) is 0 Å². The van der Waals surface area contributed by atoms with Gasteiger partial charge in [0.15, 0.2) is 6.61 Å². The molecule has 0 saturated heterocycles. The maximum Gasteiger partial charge on any atom is 0.422 e. The number of pyridine rings is 1. The largest absolute Gasteiger partial charge is 0.449 e. The van der Waals surface area contributed by atoms with Crippen LogP contribution in [0.25, 0.3) is 0 Å². The lowest BCUT2D eigenvalue weighted by Crippen LogP contribution is -2.42. The molecule has 0 aliphatic rings. The van der Waals surface area contributed by atoms with E-state index in [0.717, 1.165) is 17.0 Å². The predicted molar refractivity (Wildman–Crippen MR) is 107 cm³/mol. The van der Waals surface area contributed by atoms with Crippen LogP contribution in [0, 0.1) is 0 Å². The average Bonchev–Trinajstić information content (AvgIpc) is 2.80. The van der Waals surface area contributed by atoms with Crippen LogP contribution in [0.2, 0.25) is 0 Å². The molecule has 0 aromatic carbocycles. The summed E-state index contributed by atoms with van der Waals surface area (Å²) in [6.07, 6.45) is -5.57. The molecule has 196 valence electrons. The first kappa shape index (κ1) is 30.2. The molecule has 1 atom stereocenters. The fourth-order valence-corrected chi connectivity index (χ4v) is 2.31. The molecule has 0 aliphatic heterocycles. The zero-order chi connectivity index (χ0) is 27.7. The lowest BCUT2D eigenvalue weighted by atomic mass is 10.2. The van der Waals surface area contributed by atoms with Crippen molar-refractivity contribution in [2.24, 2.45) is 5.73 Å². The van der Waals surface area contributed by atoms with E-state index in [1.807, 2.05) is 0 Å². The Hall–Kier alpha value is -3.82. The van der Waals surface area contributed by atoms with Crippen molar-refractivity contribution in [3.8, 4) is 0 Å². The first-order chi connectivity index (χ1) is 16.5. The molecule has 0 fully saturated rings. The second-order valence-electron chi connectivity index (χ2n) is 6.58. The van der Waals surface area contributed by atoms with E-state index in [1.54, 1.807) is 13.0 Å². The van der Waals surface area contributed by atoms with Gasteiger partial charge in [-0.1, -0.05) is 0 Å². The topological polar surface area (TPSA) is 145 Å². The van der Waals surface area contributed by atoms with Crippen molar-refractivity contribution in [1.29, 1.82) is 0 Å². The van der Waals surface area contributed by atoms with Gasteiger partial charge in [-0.3, -0.25) is 19.4 Å². The van der Waals surface area contributed by atoms with Crippen LogP contribution in [-0.4, -0.2) is 55.7 Å². The van der Waals surface area contributed by atoms with Gasteiger partial charge in [0, 0.05) is 18.6 Å². The summed E-state index contributed by atoms with van der Waals surface area (Å²) in [5.74, 6) is -3.66. The van der Waals surface area contributed by atoms with Crippen LogP contribution in [0.4, 0.5) is 26.3 Å². The monoisotopic (exact) mass is 543 g/mol. The Labute approximate surface area is 203 Å². The standard InChI is InChI=1S/C15H14F3N5O2.C4H2ClF3O3/c1-9(13-20-5-2-6-21-13)23(14(25)12(19)24)8-11-4-3-10(7-22-11)15(16,17)18;5-2(9)3(10)11-1-4(6,7)8/h2-7,9H,8H2,1H3,(H2,19,24);1H2. The number of amides is 2. The van der Waals surface area contributed by atoms with Gasteiger partial charge in [-0.25, -0.2) is 14.8 Å². The summed E-state index contributed by atoms with van der Waals surface area (Å²) in [5.41, 5.74) is 4.29. The number of carbonyl (C=O) groups is 4. The number of hydrogen-bond acceptors (Lipinski definition) is 8. The van der Waals surface area contributed by atoms with E-state index in [-0.39, 0.29) is 18.1 Å². The third-order valence-corrected chi connectivity index (χ3v) is 4.06. The SMILES string of the molecule is CC(c1ncccn1)N(Cc1ccc(C(F)(F)F)cn1)C(=O)C(N)=O.O=C(Cl)C(=O)OCC(F)(F)F. The minimum Gasteiger partial charge on any atom is -0.449 e. The molecule has 36 heavy (non-hydrogen) atoms. The number of nitrogens with zero attached hydrogens (tertiary/aromatic N) is 4. The Bertz CT molecular complexity index is 1070. The van der Waals surface area contributed by atoms with Crippen molar-refractivity contribution < 1.29 is 50.3 Å². The number of aromatic nitrogens is 3. The van der Waals surface area contributed by atoms with E-state index in [4.69, 9.17) is 5.73 Å². The second kappa shape index (κ2) is 12.8. The maximum absolute atomic E-state index is 12.6. The van der Waals surface area contributed by atoms with E-state index in [1.165, 1.54) is 12.4 Å². The summed E-state index contributed by atoms with van der Waals surface area (Å²) >= 11 is 4.48. The van der Waals surface area contributed by atoms with E-state index in [2.05, 4.69) is 31.3 Å². The molecular weight excluding hydrogens is 528 g/mol. The molecule has 2 aromatic heterocycles. The van der Waals surface area contributed by atoms with E-state index in [9.17, 15) is 45.5 Å². The van der Waals surface area contributed by atoms with Crippen molar-refractivity contribution in [2.75, 3.05) is 6.61 Å². The van der Waals surface area contributed by atoms with Gasteiger partial charge in [0.25, 0.3) is 0 Å². The highest BCUT2D eigenvalue weighted by Gasteiger charge is 2.32. The number of halogens is 7. The molecule has 2 rings (SSSR count). The molecule has 1 unspecified atom stereocenters. The predicted octanol–water partition coefficient (Wildman–Crippen LogP) is 2.32. The highest BCUT2D eigenvalue weighted by atomic mass is 35.5. The summed E-state index contributed by atoms with van der Waals surface area (Å²) in [4.78, 5) is 55.9. The summed E-state index contributed by atoms with van der Waals surface area (Å²) in [7, 11) is 0. The minimum atomic E-state index is -4.64. The Morgan fingerprint density at radius 2 is 1.64 bits per heavy atom. The number of rotatable bonds is 6. The van der Waals surface area contributed by atoms with Crippen LogP contribution in [0.5, 0.6) is 0 Å². The number of nitrogens with two attached hydrogens (primary N) is 1. The Morgan fingerprint density at radius 1 is 1.06 bits per heavy atom. The molecule has 2 N–H and O–H groups in total. The normalized spacial score (nSPS) is 12.0. The molecule has 2 aromatic rings. The number of primary amides is 1. The first-order valence-electron chi connectivity index (χ1n) is 9.35. The third kappa shape index (κ3) is 10.2. The molecule has 2 heterocycles. The van der Waals surface area contributed by atoms with Crippen molar-refractivity contribution in [3.05, 3.63) is 53.9 Å². The smallest absolute Gasteiger partial charge is 0.422 e. The Morgan fingerprint density at radius 3 is 2.06 bits per heavy atom. The van der Waals surface area contributed by atoms with Gasteiger partial charge in [-0.15, -0.1) is 0 Å². The quantitative estimate of drug-likeness (QED) is 0.253. The Kier molecular flexibility index (Phi) is 10.7. The van der Waals surface area contributed by atoms with Gasteiger partial charge < -0.3 is 15.4 Å². The van der Waals surface area contributed by atoms with Crippen LogP contribution >= 0.6 is 11.6 Å². The van der Waals surface area contributed by atoms with Crippen molar-refractivity contribution in [3.63, 3.8) is 0 Å². The molecule has 2 amide bonds. The minimum absolute atomic E-state index is 0.158. The fourth-order valence-electron chi connectivity index (χ4n) is 2.26. The lowest BCUT2D eigenvalue weighted by molar-refractivity contribution is -0.185. The summed E-state index contributed by atoms with van der Waals surface area (Å²) < 4.78 is 74.9. The fraction of sp³-hybridized carbons (Fsp3) is 0.316. The number of ether oxygens (including phenoxy) is 1. The van der Waals surface area contributed by atoms with Gasteiger partial charge >= 0.3 is 35.4 Å². The number of hydrogen-bond donors (Lipinski definition) is 1. The highest BCUT2D eigenvalue weighted by molar-refractivity contribution is 6.80. The molecule has 0 saturated carbocycles. The van der Waals surface area contributed by atoms with E-state index < -0.39 is 53.6 Å². The van der Waals surface area contributed by atoms with Gasteiger partial charge in [0.1, 0.15) is 5.82 Å². The van der Waals surface area contributed by atoms with E-state index >= 15 is 0 Å². The van der Waals surface area contributed by atoms with E-state index in [0.29, 0.717) is 6.20 Å². The Balaban J connectivity index is 0.000000497. The lowest BCUT2D eigenvalue weighted by Gasteiger charge is -2.26. The molecular formula is C19H16ClF6N5O5. The van der Waals surface area contributed by atoms with Gasteiger partial charge in [0.05, 0.1) is 23.8 Å². The van der Waals surface area contributed by atoms with Crippen LogP contribution in [-0.2, 0) is 36.6 Å². The van der Waals surface area contributed by atoms with Crippen LogP contribution in [0.15, 0.2) is 36.8 Å². The molecule has 17 heteroatoms. The summed E-state index contributed by atoms with van der Waals surface area (Å²) in [6, 6.07) is 2.82. The zero-order valence-corrected chi connectivity index (χ0v) is 18.8. The number of alkyl halides is 6. The van der Waals surface area contributed by atoms with Crippen LogP contribution in [0.3, 0.4) is 0 Å².